The Labute approximate surface area is 213 Å². The third-order valence-corrected chi connectivity index (χ3v) is 7.06. The molecule has 0 aliphatic carbocycles. The monoisotopic (exact) mass is 497 g/mol. The van der Waals surface area contributed by atoms with Crippen molar-refractivity contribution in [2.45, 2.75) is 31.8 Å². The van der Waals surface area contributed by atoms with Crippen LogP contribution >= 0.6 is 11.8 Å². The van der Waals surface area contributed by atoms with E-state index in [1.807, 2.05) is 78.9 Å². The van der Waals surface area contributed by atoms with Crippen molar-refractivity contribution >= 4 is 34.3 Å². The molecule has 5 rings (SSSR count). The molecule has 0 spiro atoms. The first-order chi connectivity index (χ1) is 17.5. The molecule has 0 aliphatic heterocycles. The van der Waals surface area contributed by atoms with Crippen molar-refractivity contribution in [3.63, 3.8) is 0 Å². The predicted molar refractivity (Wildman–Crippen MR) is 144 cm³/mol. The Morgan fingerprint density at radius 3 is 2.56 bits per heavy atom. The number of benzene rings is 3. The molecule has 2 heterocycles. The largest absolute Gasteiger partial charge is 0.355 e. The summed E-state index contributed by atoms with van der Waals surface area (Å²) in [5.74, 6) is 0.580. The number of amides is 1. The summed E-state index contributed by atoms with van der Waals surface area (Å²) in [6.07, 6.45) is 1.80. The van der Waals surface area contributed by atoms with Crippen LogP contribution < -0.4 is 10.9 Å². The number of para-hydroxylation sites is 1. The number of carbonyl (C=O) groups is 1. The van der Waals surface area contributed by atoms with Crippen LogP contribution in [0.2, 0.25) is 0 Å². The number of aryl methyl sites for hydroxylation is 3. The lowest BCUT2D eigenvalue weighted by Gasteiger charge is -2.13. The highest BCUT2D eigenvalue weighted by Gasteiger charge is 2.19. The van der Waals surface area contributed by atoms with E-state index in [-0.39, 0.29) is 17.2 Å². The predicted octanol–water partition coefficient (Wildman–Crippen LogP) is 4.49. The van der Waals surface area contributed by atoms with Gasteiger partial charge in [0.05, 0.1) is 22.3 Å². The molecule has 3 aromatic carbocycles. The summed E-state index contributed by atoms with van der Waals surface area (Å²) in [5, 5.41) is 12.9. The summed E-state index contributed by atoms with van der Waals surface area (Å²) in [7, 11) is 0. The van der Waals surface area contributed by atoms with Crippen molar-refractivity contribution in [1.29, 1.82) is 0 Å². The molecule has 8 heteroatoms. The SMILES string of the molecule is Cc1ccc(-n2c(=O)c3ccccc3n3c(SCC(=O)NCCCc4ccccc4)nnc23)c(C)c1. The van der Waals surface area contributed by atoms with Gasteiger partial charge in [0.2, 0.25) is 11.7 Å². The normalized spacial score (nSPS) is 11.3. The smallest absolute Gasteiger partial charge is 0.267 e. The van der Waals surface area contributed by atoms with Crippen LogP contribution in [0.25, 0.3) is 22.4 Å². The Morgan fingerprint density at radius 1 is 0.972 bits per heavy atom. The topological polar surface area (TPSA) is 81.3 Å². The Balaban J connectivity index is 1.39. The zero-order valence-corrected chi connectivity index (χ0v) is 21.1. The van der Waals surface area contributed by atoms with Gasteiger partial charge in [-0.1, -0.05) is 71.9 Å². The second kappa shape index (κ2) is 10.4. The van der Waals surface area contributed by atoms with Crippen LogP contribution in [-0.2, 0) is 11.2 Å². The summed E-state index contributed by atoms with van der Waals surface area (Å²) in [4.78, 5) is 26.0. The zero-order chi connectivity index (χ0) is 25.1. The maximum absolute atomic E-state index is 13.5. The number of aromatic nitrogens is 4. The van der Waals surface area contributed by atoms with Gasteiger partial charge in [-0.15, -0.1) is 10.2 Å². The molecule has 5 aromatic rings. The fraction of sp³-hybridized carbons (Fsp3) is 0.214. The molecule has 2 aromatic heterocycles. The summed E-state index contributed by atoms with van der Waals surface area (Å²) < 4.78 is 3.47. The Hall–Kier alpha value is -3.91. The van der Waals surface area contributed by atoms with Crippen LogP contribution in [-0.4, -0.2) is 37.4 Å². The van der Waals surface area contributed by atoms with Gasteiger partial charge >= 0.3 is 0 Å². The van der Waals surface area contributed by atoms with Gasteiger partial charge in [-0.25, -0.2) is 4.57 Å². The number of rotatable bonds is 8. The number of hydrogen-bond donors (Lipinski definition) is 1. The summed E-state index contributed by atoms with van der Waals surface area (Å²) >= 11 is 1.31. The van der Waals surface area contributed by atoms with Gasteiger partial charge in [-0.05, 0) is 56.0 Å². The minimum absolute atomic E-state index is 0.0585. The van der Waals surface area contributed by atoms with Crippen molar-refractivity contribution in [3.8, 4) is 5.69 Å². The highest BCUT2D eigenvalue weighted by Crippen LogP contribution is 2.24. The molecule has 0 atom stereocenters. The van der Waals surface area contributed by atoms with E-state index in [9.17, 15) is 9.59 Å². The first-order valence-electron chi connectivity index (χ1n) is 11.9. The highest BCUT2D eigenvalue weighted by atomic mass is 32.2. The van der Waals surface area contributed by atoms with Crippen LogP contribution in [0.5, 0.6) is 0 Å². The van der Waals surface area contributed by atoms with Gasteiger partial charge < -0.3 is 5.32 Å². The molecule has 1 N–H and O–H groups in total. The standard InChI is InChI=1S/C28H27N5O2S/c1-19-14-15-23(20(2)17-19)32-26(35)22-12-6-7-13-24(22)33-27(32)30-31-28(33)36-18-25(34)29-16-8-11-21-9-4-3-5-10-21/h3-7,9-10,12-15,17H,8,11,16,18H2,1-2H3,(H,29,34). The van der Waals surface area contributed by atoms with Crippen molar-refractivity contribution in [3.05, 3.63) is 99.8 Å². The molecular weight excluding hydrogens is 470 g/mol. The molecule has 36 heavy (non-hydrogen) atoms. The first kappa shape index (κ1) is 23.8. The zero-order valence-electron chi connectivity index (χ0n) is 20.3. The van der Waals surface area contributed by atoms with E-state index in [0.717, 1.165) is 29.7 Å². The minimum atomic E-state index is -0.148. The maximum atomic E-state index is 13.5. The lowest BCUT2D eigenvalue weighted by Crippen LogP contribution is -2.26. The summed E-state index contributed by atoms with van der Waals surface area (Å²) in [6.45, 7) is 4.62. The van der Waals surface area contributed by atoms with Gasteiger partial charge in [0, 0.05) is 6.54 Å². The average Bonchev–Trinajstić information content (AvgIpc) is 3.31. The van der Waals surface area contributed by atoms with E-state index >= 15 is 0 Å². The number of fused-ring (bicyclic) bond motifs is 3. The number of nitrogens with one attached hydrogen (secondary N) is 1. The average molecular weight is 498 g/mol. The van der Waals surface area contributed by atoms with Crippen molar-refractivity contribution in [2.24, 2.45) is 0 Å². The molecule has 0 saturated heterocycles. The van der Waals surface area contributed by atoms with Crippen LogP contribution in [0, 0.1) is 13.8 Å². The van der Waals surface area contributed by atoms with Gasteiger partial charge in [0.15, 0.2) is 5.16 Å². The molecule has 0 unspecified atom stereocenters. The molecule has 182 valence electrons. The van der Waals surface area contributed by atoms with Crippen molar-refractivity contribution in [2.75, 3.05) is 12.3 Å². The van der Waals surface area contributed by atoms with E-state index < -0.39 is 0 Å². The van der Waals surface area contributed by atoms with Gasteiger partial charge in [-0.2, -0.15) is 0 Å². The lowest BCUT2D eigenvalue weighted by atomic mass is 10.1. The Morgan fingerprint density at radius 2 is 1.75 bits per heavy atom. The molecule has 0 saturated carbocycles. The Bertz CT molecular complexity index is 1610. The first-order valence-corrected chi connectivity index (χ1v) is 12.9. The molecule has 0 aliphatic rings. The molecule has 7 nitrogen and oxygen atoms in total. The number of thioether (sulfide) groups is 1. The number of carbonyl (C=O) groups excluding carboxylic acids is 1. The van der Waals surface area contributed by atoms with Crippen molar-refractivity contribution < 1.29 is 4.79 Å². The van der Waals surface area contributed by atoms with Crippen LogP contribution in [0.4, 0.5) is 0 Å². The molecule has 0 radical (unpaired) electrons. The quantitative estimate of drug-likeness (QED) is 0.252. The van der Waals surface area contributed by atoms with E-state index in [4.69, 9.17) is 0 Å². The van der Waals surface area contributed by atoms with E-state index in [2.05, 4.69) is 27.6 Å². The van der Waals surface area contributed by atoms with E-state index in [0.29, 0.717) is 28.4 Å². The number of hydrogen-bond acceptors (Lipinski definition) is 5. The van der Waals surface area contributed by atoms with Crippen LogP contribution in [0.1, 0.15) is 23.1 Å². The van der Waals surface area contributed by atoms with Gasteiger partial charge in [0.1, 0.15) is 0 Å². The lowest BCUT2D eigenvalue weighted by molar-refractivity contribution is -0.118. The second-order valence-electron chi connectivity index (χ2n) is 8.79. The molecule has 1 amide bonds. The van der Waals surface area contributed by atoms with E-state index in [1.54, 1.807) is 4.57 Å². The Kier molecular flexibility index (Phi) is 6.86. The third kappa shape index (κ3) is 4.77. The van der Waals surface area contributed by atoms with Crippen LogP contribution in [0.15, 0.2) is 82.7 Å². The minimum Gasteiger partial charge on any atom is -0.355 e. The fourth-order valence-corrected chi connectivity index (χ4v) is 5.16. The van der Waals surface area contributed by atoms with Gasteiger partial charge in [-0.3, -0.25) is 14.0 Å². The molecule has 0 bridgehead atoms. The van der Waals surface area contributed by atoms with E-state index in [1.165, 1.54) is 17.3 Å². The summed E-state index contributed by atoms with van der Waals surface area (Å²) in [5.41, 5.74) is 4.69. The second-order valence-corrected chi connectivity index (χ2v) is 9.74. The number of nitrogens with zero attached hydrogens (tertiary/aromatic N) is 4. The molecular formula is C28H27N5O2S. The highest BCUT2D eigenvalue weighted by molar-refractivity contribution is 7.99. The van der Waals surface area contributed by atoms with Gasteiger partial charge in [0.25, 0.3) is 5.56 Å². The van der Waals surface area contributed by atoms with Crippen molar-refractivity contribution in [1.82, 2.24) is 24.5 Å². The van der Waals surface area contributed by atoms with Crippen LogP contribution in [0.3, 0.4) is 0 Å². The fourth-order valence-electron chi connectivity index (χ4n) is 4.39. The molecule has 0 fully saturated rings. The summed E-state index contributed by atoms with van der Waals surface area (Å²) in [6, 6.07) is 23.6. The third-order valence-electron chi connectivity index (χ3n) is 6.13. The maximum Gasteiger partial charge on any atom is 0.267 e.